The predicted molar refractivity (Wildman–Crippen MR) is 44.3 cm³/mol. The topological polar surface area (TPSA) is 80.9 Å². The maximum absolute atomic E-state index is 9.25. The van der Waals surface area contributed by atoms with E-state index in [0.29, 0.717) is 6.42 Å². The van der Waals surface area contributed by atoms with Gasteiger partial charge >= 0.3 is 0 Å². The molecule has 0 aromatic rings. The minimum Gasteiger partial charge on any atom is -0.390 e. The van der Waals surface area contributed by atoms with E-state index in [4.69, 9.17) is 15.3 Å². The summed E-state index contributed by atoms with van der Waals surface area (Å²) < 4.78 is 0. The van der Waals surface area contributed by atoms with Crippen LogP contribution in [-0.4, -0.2) is 38.9 Å². The first-order valence-electron chi connectivity index (χ1n) is 3.96. The molecular formula is C8H18O4. The van der Waals surface area contributed by atoms with E-state index in [9.17, 15) is 5.11 Å². The predicted octanol–water partition coefficient (Wildman–Crippen LogP) is -0.545. The van der Waals surface area contributed by atoms with Crippen molar-refractivity contribution in [2.24, 2.45) is 5.41 Å². The first kappa shape index (κ1) is 11.8. The highest BCUT2D eigenvalue weighted by Crippen LogP contribution is 2.22. The molecule has 0 bridgehead atoms. The molecule has 2 atom stereocenters. The first-order valence-corrected chi connectivity index (χ1v) is 3.96. The lowest BCUT2D eigenvalue weighted by Crippen LogP contribution is -2.39. The second-order valence-corrected chi connectivity index (χ2v) is 4.24. The molecule has 4 nitrogen and oxygen atoms in total. The summed E-state index contributed by atoms with van der Waals surface area (Å²) >= 11 is 0. The molecule has 0 radical (unpaired) electrons. The van der Waals surface area contributed by atoms with Crippen molar-refractivity contribution in [1.82, 2.24) is 0 Å². The molecule has 0 aliphatic carbocycles. The molecule has 0 aromatic heterocycles. The fourth-order valence-corrected chi connectivity index (χ4v) is 0.947. The van der Waals surface area contributed by atoms with Crippen LogP contribution < -0.4 is 0 Å². The van der Waals surface area contributed by atoms with Crippen molar-refractivity contribution in [3.8, 4) is 0 Å². The Morgan fingerprint density at radius 1 is 1.00 bits per heavy atom. The van der Waals surface area contributed by atoms with Crippen LogP contribution in [0.25, 0.3) is 0 Å². The van der Waals surface area contributed by atoms with Crippen molar-refractivity contribution in [2.45, 2.75) is 45.7 Å². The number of aliphatic hydroxyl groups is 4. The standard InChI is InChI=1S/C8H18O4/c1-8(2,3)4-5(9)6(10)7(11)12/h5-7,9-12H,4H2,1-3H3/t5-,6+/m1/s1. The van der Waals surface area contributed by atoms with Crippen molar-refractivity contribution in [3.05, 3.63) is 0 Å². The number of hydrogen-bond acceptors (Lipinski definition) is 4. The molecule has 12 heavy (non-hydrogen) atoms. The molecule has 0 unspecified atom stereocenters. The van der Waals surface area contributed by atoms with Crippen molar-refractivity contribution in [2.75, 3.05) is 0 Å². The van der Waals surface area contributed by atoms with E-state index in [2.05, 4.69) is 0 Å². The van der Waals surface area contributed by atoms with Gasteiger partial charge in [0.25, 0.3) is 0 Å². The van der Waals surface area contributed by atoms with Gasteiger partial charge in [0, 0.05) is 0 Å². The van der Waals surface area contributed by atoms with Crippen LogP contribution >= 0.6 is 0 Å². The average Bonchev–Trinajstić information content (AvgIpc) is 1.82. The van der Waals surface area contributed by atoms with Crippen LogP contribution in [0.2, 0.25) is 0 Å². The Morgan fingerprint density at radius 2 is 1.42 bits per heavy atom. The zero-order valence-electron chi connectivity index (χ0n) is 7.73. The Morgan fingerprint density at radius 3 is 1.67 bits per heavy atom. The fourth-order valence-electron chi connectivity index (χ4n) is 0.947. The third kappa shape index (κ3) is 4.66. The lowest BCUT2D eigenvalue weighted by Gasteiger charge is -2.26. The SMILES string of the molecule is CC(C)(C)C[C@@H](O)[C@H](O)C(O)O. The summed E-state index contributed by atoms with van der Waals surface area (Å²) in [5, 5.41) is 35.3. The normalized spacial score (nSPS) is 18.0. The summed E-state index contributed by atoms with van der Waals surface area (Å²) in [6.07, 6.45) is -4.12. The molecule has 0 saturated heterocycles. The van der Waals surface area contributed by atoms with Crippen molar-refractivity contribution >= 4 is 0 Å². The largest absolute Gasteiger partial charge is 0.390 e. The average molecular weight is 178 g/mol. The third-order valence-corrected chi connectivity index (χ3v) is 1.52. The molecule has 0 rings (SSSR count). The molecule has 0 heterocycles. The first-order chi connectivity index (χ1) is 5.24. The third-order valence-electron chi connectivity index (χ3n) is 1.52. The lowest BCUT2D eigenvalue weighted by molar-refractivity contribution is -0.162. The summed E-state index contributed by atoms with van der Waals surface area (Å²) in [5.41, 5.74) is -0.144. The number of aliphatic hydroxyl groups excluding tert-OH is 3. The van der Waals surface area contributed by atoms with Gasteiger partial charge in [-0.3, -0.25) is 0 Å². The van der Waals surface area contributed by atoms with E-state index in [-0.39, 0.29) is 5.41 Å². The minimum atomic E-state index is -1.87. The minimum absolute atomic E-state index is 0.144. The molecule has 0 aliphatic rings. The fraction of sp³-hybridized carbons (Fsp3) is 1.00. The van der Waals surface area contributed by atoms with E-state index in [1.54, 1.807) is 0 Å². The van der Waals surface area contributed by atoms with Gasteiger partial charge in [-0.1, -0.05) is 20.8 Å². The molecule has 0 spiro atoms. The Hall–Kier alpha value is -0.160. The summed E-state index contributed by atoms with van der Waals surface area (Å²) in [7, 11) is 0. The number of hydrogen-bond donors (Lipinski definition) is 4. The molecule has 0 saturated carbocycles. The van der Waals surface area contributed by atoms with Crippen LogP contribution in [0.4, 0.5) is 0 Å². The van der Waals surface area contributed by atoms with E-state index in [1.165, 1.54) is 0 Å². The second kappa shape index (κ2) is 4.18. The molecule has 0 aromatic carbocycles. The zero-order chi connectivity index (χ0) is 9.94. The van der Waals surface area contributed by atoms with Crippen LogP contribution in [0, 0.1) is 5.41 Å². The second-order valence-electron chi connectivity index (χ2n) is 4.24. The van der Waals surface area contributed by atoms with Gasteiger partial charge in [-0.2, -0.15) is 0 Å². The molecule has 74 valence electrons. The van der Waals surface area contributed by atoms with Crippen LogP contribution in [0.15, 0.2) is 0 Å². The Labute approximate surface area is 72.5 Å². The lowest BCUT2D eigenvalue weighted by atomic mass is 9.87. The van der Waals surface area contributed by atoms with Gasteiger partial charge in [0.1, 0.15) is 6.10 Å². The Kier molecular flexibility index (Phi) is 4.13. The Bertz CT molecular complexity index is 128. The van der Waals surface area contributed by atoms with E-state index >= 15 is 0 Å². The number of rotatable bonds is 3. The van der Waals surface area contributed by atoms with E-state index in [1.807, 2.05) is 20.8 Å². The van der Waals surface area contributed by atoms with Crippen LogP contribution in [0.5, 0.6) is 0 Å². The van der Waals surface area contributed by atoms with Crippen molar-refractivity contribution in [3.63, 3.8) is 0 Å². The molecule has 0 fully saturated rings. The maximum Gasteiger partial charge on any atom is 0.180 e. The van der Waals surface area contributed by atoms with Gasteiger partial charge in [-0.15, -0.1) is 0 Å². The van der Waals surface area contributed by atoms with Crippen molar-refractivity contribution < 1.29 is 20.4 Å². The highest BCUT2D eigenvalue weighted by molar-refractivity contribution is 4.75. The highest BCUT2D eigenvalue weighted by atomic mass is 16.5. The van der Waals surface area contributed by atoms with Crippen LogP contribution in [0.1, 0.15) is 27.2 Å². The van der Waals surface area contributed by atoms with Gasteiger partial charge in [0.05, 0.1) is 6.10 Å². The van der Waals surface area contributed by atoms with Gasteiger partial charge in [0.15, 0.2) is 6.29 Å². The Balaban J connectivity index is 3.95. The summed E-state index contributed by atoms with van der Waals surface area (Å²) in [6, 6.07) is 0. The molecule has 4 N–H and O–H groups in total. The van der Waals surface area contributed by atoms with E-state index < -0.39 is 18.5 Å². The van der Waals surface area contributed by atoms with Gasteiger partial charge in [0.2, 0.25) is 0 Å². The van der Waals surface area contributed by atoms with Crippen molar-refractivity contribution in [1.29, 1.82) is 0 Å². The molecule has 0 aliphatic heterocycles. The maximum atomic E-state index is 9.25. The van der Waals surface area contributed by atoms with E-state index in [0.717, 1.165) is 0 Å². The van der Waals surface area contributed by atoms with Gasteiger partial charge in [-0.05, 0) is 11.8 Å². The van der Waals surface area contributed by atoms with Gasteiger partial charge in [-0.25, -0.2) is 0 Å². The molecular weight excluding hydrogens is 160 g/mol. The summed E-state index contributed by atoms with van der Waals surface area (Å²) in [4.78, 5) is 0. The smallest absolute Gasteiger partial charge is 0.180 e. The molecule has 4 heteroatoms. The molecule has 0 amide bonds. The van der Waals surface area contributed by atoms with Crippen LogP contribution in [-0.2, 0) is 0 Å². The monoisotopic (exact) mass is 178 g/mol. The zero-order valence-corrected chi connectivity index (χ0v) is 7.73. The summed E-state index contributed by atoms with van der Waals surface area (Å²) in [5.74, 6) is 0. The van der Waals surface area contributed by atoms with Crippen LogP contribution in [0.3, 0.4) is 0 Å². The summed E-state index contributed by atoms with van der Waals surface area (Å²) in [6.45, 7) is 5.69. The quantitative estimate of drug-likeness (QED) is 0.437. The van der Waals surface area contributed by atoms with Gasteiger partial charge < -0.3 is 20.4 Å². The highest BCUT2D eigenvalue weighted by Gasteiger charge is 2.26.